The number of ether oxygens (including phenoxy) is 1. The van der Waals surface area contributed by atoms with Gasteiger partial charge in [-0.05, 0) is 45.0 Å². The van der Waals surface area contributed by atoms with Crippen molar-refractivity contribution in [3.8, 4) is 0 Å². The van der Waals surface area contributed by atoms with Crippen molar-refractivity contribution in [2.24, 2.45) is 0 Å². The lowest BCUT2D eigenvalue weighted by Crippen LogP contribution is -2.51. The summed E-state index contributed by atoms with van der Waals surface area (Å²) in [6, 6.07) is 4.38. The van der Waals surface area contributed by atoms with Crippen molar-refractivity contribution in [2.45, 2.75) is 37.4 Å². The molecule has 0 radical (unpaired) electrons. The Morgan fingerprint density at radius 2 is 1.52 bits per heavy atom. The summed E-state index contributed by atoms with van der Waals surface area (Å²) >= 11 is 0. The van der Waals surface area contributed by atoms with E-state index in [0.29, 0.717) is 0 Å². The average molecular weight is 437 g/mol. The molecule has 0 spiro atoms. The smallest absolute Gasteiger partial charge is 0.444 e. The average Bonchev–Trinajstić information content (AvgIpc) is 2.60. The summed E-state index contributed by atoms with van der Waals surface area (Å²) in [6.07, 6.45) is -5.57. The number of alkyl halides is 3. The highest BCUT2D eigenvalue weighted by atomic mass is 32.2. The zero-order valence-corrected chi connectivity index (χ0v) is 16.9. The summed E-state index contributed by atoms with van der Waals surface area (Å²) < 4.78 is 68.7. The number of carbonyl (C=O) groups excluding carboxylic acids is 2. The van der Waals surface area contributed by atoms with E-state index in [1.54, 1.807) is 26.1 Å². The molecule has 12 heteroatoms. The fraction of sp³-hybridized carbons (Fsp3) is 0.529. The molecule has 1 heterocycles. The number of halogens is 3. The quantitative estimate of drug-likeness (QED) is 0.784. The van der Waals surface area contributed by atoms with Crippen molar-refractivity contribution < 1.29 is 35.9 Å². The Morgan fingerprint density at radius 3 is 1.97 bits per heavy atom. The van der Waals surface area contributed by atoms with Crippen molar-refractivity contribution in [3.63, 3.8) is 0 Å². The van der Waals surface area contributed by atoms with Gasteiger partial charge in [0.1, 0.15) is 5.60 Å². The van der Waals surface area contributed by atoms with Gasteiger partial charge in [0, 0.05) is 31.9 Å². The molecule has 1 aliphatic heterocycles. The van der Waals surface area contributed by atoms with Crippen LogP contribution in [0.15, 0.2) is 29.2 Å². The highest BCUT2D eigenvalue weighted by Gasteiger charge is 2.38. The lowest BCUT2D eigenvalue weighted by molar-refractivity contribution is -0.167. The summed E-state index contributed by atoms with van der Waals surface area (Å²) in [7, 11) is -3.90. The van der Waals surface area contributed by atoms with E-state index in [0.717, 1.165) is 24.3 Å². The van der Waals surface area contributed by atoms with E-state index in [2.05, 4.69) is 0 Å². The number of piperazine rings is 1. The first kappa shape index (κ1) is 22.9. The molecule has 1 fully saturated rings. The van der Waals surface area contributed by atoms with Crippen LogP contribution >= 0.6 is 0 Å². The predicted octanol–water partition coefficient (Wildman–Crippen LogP) is 2.43. The normalized spacial score (nSPS) is 16.4. The van der Waals surface area contributed by atoms with Crippen molar-refractivity contribution in [1.82, 2.24) is 9.21 Å². The second kappa shape index (κ2) is 8.19. The van der Waals surface area contributed by atoms with Gasteiger partial charge in [0.15, 0.2) is 0 Å². The Bertz CT molecular complexity index is 856. The highest BCUT2D eigenvalue weighted by Crippen LogP contribution is 2.22. The lowest BCUT2D eigenvalue weighted by atomic mass is 10.2. The fourth-order valence-corrected chi connectivity index (χ4v) is 3.92. The zero-order chi connectivity index (χ0) is 22.0. The van der Waals surface area contributed by atoms with E-state index in [1.807, 2.05) is 0 Å². The number of rotatable bonds is 3. The summed E-state index contributed by atoms with van der Waals surface area (Å²) in [5.74, 6) is -2.15. The highest BCUT2D eigenvalue weighted by molar-refractivity contribution is 7.89. The third kappa shape index (κ3) is 6.07. The first-order chi connectivity index (χ1) is 13.2. The molecular formula is C17H22F3N3O5S. The number of nitrogens with zero attached hydrogens (tertiary/aromatic N) is 2. The Kier molecular flexibility index (Phi) is 6.48. The van der Waals surface area contributed by atoms with E-state index >= 15 is 0 Å². The molecule has 0 aromatic heterocycles. The Labute approximate surface area is 166 Å². The number of anilines is 1. The number of nitrogens with one attached hydrogen (secondary N) is 1. The lowest BCUT2D eigenvalue weighted by Gasteiger charge is -2.35. The third-order valence-corrected chi connectivity index (χ3v) is 5.81. The second-order valence-corrected chi connectivity index (χ2v) is 9.29. The molecule has 0 aliphatic carbocycles. The molecule has 1 aliphatic rings. The van der Waals surface area contributed by atoms with Gasteiger partial charge in [-0.1, -0.05) is 0 Å². The molecule has 1 saturated heterocycles. The number of hydrogen-bond donors (Lipinski definition) is 1. The predicted molar refractivity (Wildman–Crippen MR) is 97.7 cm³/mol. The van der Waals surface area contributed by atoms with E-state index < -0.39 is 33.8 Å². The minimum atomic E-state index is -5.04. The zero-order valence-electron chi connectivity index (χ0n) is 16.1. The van der Waals surface area contributed by atoms with E-state index in [1.165, 1.54) is 9.21 Å². The molecule has 1 aromatic carbocycles. The molecule has 0 saturated carbocycles. The first-order valence-corrected chi connectivity index (χ1v) is 10.1. The van der Waals surface area contributed by atoms with Crippen LogP contribution in [0.25, 0.3) is 0 Å². The number of benzene rings is 1. The largest absolute Gasteiger partial charge is 0.471 e. The first-order valence-electron chi connectivity index (χ1n) is 8.66. The molecule has 29 heavy (non-hydrogen) atoms. The second-order valence-electron chi connectivity index (χ2n) is 7.35. The van der Waals surface area contributed by atoms with Gasteiger partial charge < -0.3 is 15.0 Å². The molecule has 0 unspecified atom stereocenters. The summed E-state index contributed by atoms with van der Waals surface area (Å²) in [4.78, 5) is 24.3. The van der Waals surface area contributed by atoms with Gasteiger partial charge in [-0.25, -0.2) is 13.2 Å². The fourth-order valence-electron chi connectivity index (χ4n) is 2.50. The van der Waals surface area contributed by atoms with Crippen LogP contribution in [0.5, 0.6) is 0 Å². The minimum Gasteiger partial charge on any atom is -0.444 e. The van der Waals surface area contributed by atoms with Gasteiger partial charge in [-0.3, -0.25) is 4.79 Å². The minimum absolute atomic E-state index is 0.0497. The van der Waals surface area contributed by atoms with Crippen molar-refractivity contribution in [1.29, 1.82) is 0 Å². The van der Waals surface area contributed by atoms with Crippen molar-refractivity contribution in [3.05, 3.63) is 24.3 Å². The number of sulfonamides is 1. The van der Waals surface area contributed by atoms with Gasteiger partial charge in [0.05, 0.1) is 4.90 Å². The Morgan fingerprint density at radius 1 is 1.00 bits per heavy atom. The number of amides is 2. The van der Waals surface area contributed by atoms with Gasteiger partial charge >= 0.3 is 18.2 Å². The number of hydrogen-bond acceptors (Lipinski definition) is 5. The topological polar surface area (TPSA) is 96.0 Å². The van der Waals surface area contributed by atoms with Crippen LogP contribution in [-0.4, -0.2) is 67.6 Å². The molecule has 1 aromatic rings. The van der Waals surface area contributed by atoms with Crippen LogP contribution < -0.4 is 5.32 Å². The Balaban J connectivity index is 2.01. The molecule has 162 valence electrons. The van der Waals surface area contributed by atoms with Crippen LogP contribution in [0.4, 0.5) is 23.7 Å². The van der Waals surface area contributed by atoms with Gasteiger partial charge in [0.25, 0.3) is 0 Å². The van der Waals surface area contributed by atoms with Crippen LogP contribution in [-0.2, 0) is 19.6 Å². The van der Waals surface area contributed by atoms with Crippen molar-refractivity contribution >= 4 is 27.7 Å². The monoisotopic (exact) mass is 437 g/mol. The molecule has 1 N–H and O–H groups in total. The van der Waals surface area contributed by atoms with Crippen LogP contribution in [0.2, 0.25) is 0 Å². The van der Waals surface area contributed by atoms with Gasteiger partial charge in [-0.2, -0.15) is 17.5 Å². The van der Waals surface area contributed by atoms with Crippen LogP contribution in [0, 0.1) is 0 Å². The summed E-state index contributed by atoms with van der Waals surface area (Å²) in [5.41, 5.74) is -0.843. The van der Waals surface area contributed by atoms with E-state index in [4.69, 9.17) is 4.74 Å². The molecule has 2 amide bonds. The maximum Gasteiger partial charge on any atom is 0.471 e. The maximum atomic E-state index is 12.7. The van der Waals surface area contributed by atoms with Crippen LogP contribution in [0.3, 0.4) is 0 Å². The third-order valence-electron chi connectivity index (χ3n) is 3.90. The summed E-state index contributed by atoms with van der Waals surface area (Å²) in [5, 5.41) is 1.65. The summed E-state index contributed by atoms with van der Waals surface area (Å²) in [6.45, 7) is 5.58. The van der Waals surface area contributed by atoms with Gasteiger partial charge in [-0.15, -0.1) is 0 Å². The number of carbonyl (C=O) groups is 2. The molecule has 8 nitrogen and oxygen atoms in total. The molecule has 2 rings (SSSR count). The molecule has 0 atom stereocenters. The maximum absolute atomic E-state index is 12.7. The van der Waals surface area contributed by atoms with E-state index in [9.17, 15) is 31.2 Å². The van der Waals surface area contributed by atoms with Crippen LogP contribution in [0.1, 0.15) is 20.8 Å². The van der Waals surface area contributed by atoms with Crippen molar-refractivity contribution in [2.75, 3.05) is 31.5 Å². The Hall–Kier alpha value is -2.34. The SMILES string of the molecule is CC(C)(C)OC(=O)N1CCN(S(=O)(=O)c2ccc(NC(=O)C(F)(F)F)cc2)CC1. The molecular weight excluding hydrogens is 415 g/mol. The van der Waals surface area contributed by atoms with Gasteiger partial charge in [0.2, 0.25) is 10.0 Å². The molecule has 0 bridgehead atoms. The van der Waals surface area contributed by atoms with E-state index in [-0.39, 0.29) is 36.8 Å². The standard InChI is InChI=1S/C17H22F3N3O5S/c1-16(2,3)28-15(25)22-8-10-23(11-9-22)29(26,27)13-6-4-12(5-7-13)21-14(24)17(18,19)20/h4-7H,8-11H2,1-3H3,(H,21,24).